The number of hydrogen-bond donors (Lipinski definition) is 2. The van der Waals surface area contributed by atoms with Gasteiger partial charge in [-0.3, -0.25) is 0 Å². The summed E-state index contributed by atoms with van der Waals surface area (Å²) >= 11 is 0. The molecule has 6 heteroatoms. The van der Waals surface area contributed by atoms with Crippen LogP contribution < -0.4 is 0 Å². The molecular weight excluding hydrogens is 456 g/mol. The third kappa shape index (κ3) is 2.51. The first-order valence-electron chi connectivity index (χ1n) is 14.2. The van der Waals surface area contributed by atoms with Gasteiger partial charge in [-0.25, -0.2) is 0 Å². The molecule has 0 radical (unpaired) electrons. The van der Waals surface area contributed by atoms with Gasteiger partial charge >= 0.3 is 0 Å². The van der Waals surface area contributed by atoms with Crippen molar-refractivity contribution in [1.82, 2.24) is 0 Å². The molecule has 8 aliphatic rings. The molecule has 2 N–H and O–H groups in total. The number of hydrogen-bond acceptors (Lipinski definition) is 6. The highest BCUT2D eigenvalue weighted by atomic mass is 16.6. The van der Waals surface area contributed by atoms with E-state index >= 15 is 0 Å². The molecule has 2 spiro atoms. The van der Waals surface area contributed by atoms with Gasteiger partial charge in [-0.2, -0.15) is 0 Å². The quantitative estimate of drug-likeness (QED) is 0.385. The monoisotopic (exact) mass is 500 g/mol. The van der Waals surface area contributed by atoms with Gasteiger partial charge in [0.15, 0.2) is 0 Å². The Balaban J connectivity index is 0.000000122. The minimum absolute atomic E-state index is 0.00454. The lowest BCUT2D eigenvalue weighted by molar-refractivity contribution is -0.204. The van der Waals surface area contributed by atoms with Crippen molar-refractivity contribution >= 4 is 0 Å². The molecule has 0 aromatic rings. The number of fused-ring (bicyclic) bond motifs is 4. The minimum Gasteiger partial charge on any atom is -0.392 e. The Morgan fingerprint density at radius 2 is 1.06 bits per heavy atom. The first kappa shape index (κ1) is 24.3. The van der Waals surface area contributed by atoms with E-state index in [2.05, 4.69) is 53.7 Å². The molecule has 4 saturated heterocycles. The number of epoxide rings is 2. The third-order valence-electron chi connectivity index (χ3n) is 13.1. The van der Waals surface area contributed by atoms with Crippen LogP contribution in [0, 0.1) is 21.7 Å². The average molecular weight is 501 g/mol. The summed E-state index contributed by atoms with van der Waals surface area (Å²) < 4.78 is 24.3. The van der Waals surface area contributed by atoms with Gasteiger partial charge in [-0.1, -0.05) is 51.0 Å². The molecule has 200 valence electrons. The van der Waals surface area contributed by atoms with Crippen LogP contribution in [0.15, 0.2) is 23.3 Å². The molecule has 4 bridgehead atoms. The lowest BCUT2D eigenvalue weighted by Crippen LogP contribution is -2.63. The van der Waals surface area contributed by atoms with Crippen LogP contribution in [0.2, 0.25) is 0 Å². The minimum atomic E-state index is -0.299. The first-order valence-corrected chi connectivity index (χ1v) is 14.2. The lowest BCUT2D eigenvalue weighted by Gasteiger charge is -2.57. The maximum atomic E-state index is 10.6. The molecule has 0 aromatic heterocycles. The van der Waals surface area contributed by atoms with Crippen molar-refractivity contribution in [1.29, 1.82) is 0 Å². The molecule has 0 aromatic carbocycles. The number of allylic oxidation sites excluding steroid dienone is 2. The number of aliphatic hydroxyl groups is 2. The zero-order valence-corrected chi connectivity index (χ0v) is 22.8. The smallest absolute Gasteiger partial charge is 0.126 e. The largest absolute Gasteiger partial charge is 0.392 e. The predicted octanol–water partition coefficient (Wildman–Crippen LogP) is 4.08. The van der Waals surface area contributed by atoms with Crippen LogP contribution >= 0.6 is 0 Å². The Hall–Kier alpha value is -0.760. The van der Waals surface area contributed by atoms with Gasteiger partial charge in [-0.15, -0.1) is 0 Å². The van der Waals surface area contributed by atoms with Crippen molar-refractivity contribution in [2.24, 2.45) is 21.7 Å². The van der Waals surface area contributed by atoms with Gasteiger partial charge < -0.3 is 29.2 Å². The molecule has 4 aliphatic heterocycles. The highest BCUT2D eigenvalue weighted by Crippen LogP contribution is 2.72. The highest BCUT2D eigenvalue weighted by molar-refractivity contribution is 5.33. The van der Waals surface area contributed by atoms with Crippen LogP contribution in [0.5, 0.6) is 0 Å². The van der Waals surface area contributed by atoms with Crippen molar-refractivity contribution in [2.75, 3.05) is 13.2 Å². The van der Waals surface area contributed by atoms with Crippen LogP contribution in [0.3, 0.4) is 0 Å². The molecule has 36 heavy (non-hydrogen) atoms. The van der Waals surface area contributed by atoms with E-state index in [0.29, 0.717) is 0 Å². The van der Waals surface area contributed by atoms with Gasteiger partial charge in [0.1, 0.15) is 11.2 Å². The lowest BCUT2D eigenvalue weighted by atomic mass is 9.52. The molecule has 8 rings (SSSR count). The summed E-state index contributed by atoms with van der Waals surface area (Å²) in [5.41, 5.74) is 2.11. The van der Waals surface area contributed by atoms with Crippen LogP contribution in [0.1, 0.15) is 80.1 Å². The molecule has 0 amide bonds. The molecule has 12 atom stereocenters. The van der Waals surface area contributed by atoms with E-state index in [1.165, 1.54) is 11.1 Å². The summed E-state index contributed by atoms with van der Waals surface area (Å²) in [6, 6.07) is 0. The summed E-state index contributed by atoms with van der Waals surface area (Å²) in [6.07, 6.45) is 10.3. The van der Waals surface area contributed by atoms with E-state index in [-0.39, 0.29) is 69.5 Å². The summed E-state index contributed by atoms with van der Waals surface area (Å²) in [5, 5.41) is 21.2. The standard InChI is InChI=1S/2C15H22O3/c2*1-9-4-5-13(2)11(6-9)18-12-7-10(16)14(13,3)15(12)8-17-15/h2*6,10-12,16H,4-5,7-8H2,1-3H3/t2*10-,11-,12-,13+,14-,15+/m11/s1. The van der Waals surface area contributed by atoms with Crippen LogP contribution in [0.4, 0.5) is 0 Å². The molecule has 6 fully saturated rings. The number of rotatable bonds is 0. The second kappa shape index (κ2) is 7.05. The topological polar surface area (TPSA) is 84.0 Å². The summed E-state index contributed by atoms with van der Waals surface area (Å²) in [5.74, 6) is 0. The van der Waals surface area contributed by atoms with E-state index in [4.69, 9.17) is 18.9 Å². The van der Waals surface area contributed by atoms with Crippen LogP contribution in [0.25, 0.3) is 0 Å². The molecule has 4 aliphatic carbocycles. The summed E-state index contributed by atoms with van der Waals surface area (Å²) in [6.45, 7) is 14.9. The van der Waals surface area contributed by atoms with E-state index in [0.717, 1.165) is 51.7 Å². The Kier molecular flexibility index (Phi) is 4.76. The molecule has 2 saturated carbocycles. The summed E-state index contributed by atoms with van der Waals surface area (Å²) in [7, 11) is 0. The van der Waals surface area contributed by atoms with Gasteiger partial charge in [0.05, 0.1) is 49.8 Å². The second-order valence-corrected chi connectivity index (χ2v) is 14.2. The molecule has 4 heterocycles. The van der Waals surface area contributed by atoms with E-state index in [9.17, 15) is 10.2 Å². The fourth-order valence-corrected chi connectivity index (χ4v) is 9.77. The molecular formula is C30H44O6. The van der Waals surface area contributed by atoms with E-state index in [1.54, 1.807) is 0 Å². The molecule has 0 unspecified atom stereocenters. The first-order chi connectivity index (χ1) is 16.9. The number of aliphatic hydroxyl groups excluding tert-OH is 2. The van der Waals surface area contributed by atoms with Gasteiger partial charge in [0.25, 0.3) is 0 Å². The van der Waals surface area contributed by atoms with Gasteiger partial charge in [-0.05, 0) is 39.5 Å². The third-order valence-corrected chi connectivity index (χ3v) is 13.1. The van der Waals surface area contributed by atoms with Crippen molar-refractivity contribution in [3.05, 3.63) is 23.3 Å². The molecule has 6 nitrogen and oxygen atoms in total. The zero-order chi connectivity index (χ0) is 25.5. The Bertz CT molecular complexity index is 960. The van der Waals surface area contributed by atoms with Crippen molar-refractivity contribution in [3.8, 4) is 0 Å². The van der Waals surface area contributed by atoms with Crippen LogP contribution in [-0.4, -0.2) is 71.3 Å². The summed E-state index contributed by atoms with van der Waals surface area (Å²) in [4.78, 5) is 0. The van der Waals surface area contributed by atoms with Crippen molar-refractivity contribution in [2.45, 2.75) is 128 Å². The van der Waals surface area contributed by atoms with Crippen molar-refractivity contribution < 1.29 is 29.2 Å². The Labute approximate surface area is 215 Å². The average Bonchev–Trinajstić information content (AvgIpc) is 3.73. The van der Waals surface area contributed by atoms with E-state index in [1.807, 2.05) is 0 Å². The fraction of sp³-hybridized carbons (Fsp3) is 0.867. The highest BCUT2D eigenvalue weighted by Gasteiger charge is 2.81. The maximum absolute atomic E-state index is 10.6. The van der Waals surface area contributed by atoms with Crippen molar-refractivity contribution in [3.63, 3.8) is 0 Å². The second-order valence-electron chi connectivity index (χ2n) is 14.2. The van der Waals surface area contributed by atoms with Gasteiger partial charge in [0.2, 0.25) is 0 Å². The SMILES string of the molecule is CC1=C[C@H]2O[C@@H]3C[C@@H](O)[C@](C)([C@@]2(C)CC1)[C@]31CO1.CC1=C[C@H]2O[C@@H]3C[C@@H](O)[C@](C)([C@@]2(C)CC1)[C@]31CO1. The van der Waals surface area contributed by atoms with E-state index < -0.39 is 0 Å². The zero-order valence-electron chi connectivity index (χ0n) is 22.8. The Morgan fingerprint density at radius 1 is 0.694 bits per heavy atom. The maximum Gasteiger partial charge on any atom is 0.126 e. The van der Waals surface area contributed by atoms with Gasteiger partial charge in [0, 0.05) is 34.5 Å². The number of ether oxygens (including phenoxy) is 4. The van der Waals surface area contributed by atoms with Crippen LogP contribution in [-0.2, 0) is 18.9 Å². The fourth-order valence-electron chi connectivity index (χ4n) is 9.77. The normalized spacial score (nSPS) is 61.6. The predicted molar refractivity (Wildman–Crippen MR) is 134 cm³/mol. The Morgan fingerprint density at radius 3 is 1.39 bits per heavy atom.